The lowest BCUT2D eigenvalue weighted by molar-refractivity contribution is -0.154. The SMILES string of the molecule is NC(=O)C1CCCN1Cc1cccc(NC(=O)c2cccnc2OCC(F)(F)F)c1. The summed E-state index contributed by atoms with van der Waals surface area (Å²) < 4.78 is 41.9. The zero-order valence-corrected chi connectivity index (χ0v) is 16.0. The highest BCUT2D eigenvalue weighted by Crippen LogP contribution is 2.23. The molecule has 1 aromatic heterocycles. The summed E-state index contributed by atoms with van der Waals surface area (Å²) in [4.78, 5) is 29.8. The summed E-state index contributed by atoms with van der Waals surface area (Å²) in [6.07, 6.45) is -1.70. The van der Waals surface area contributed by atoms with Gasteiger partial charge in [0.05, 0.1) is 6.04 Å². The molecule has 0 bridgehead atoms. The first-order valence-corrected chi connectivity index (χ1v) is 9.31. The molecular weight excluding hydrogens is 401 g/mol. The predicted molar refractivity (Wildman–Crippen MR) is 103 cm³/mol. The van der Waals surface area contributed by atoms with Crippen LogP contribution in [-0.2, 0) is 11.3 Å². The molecule has 7 nitrogen and oxygen atoms in total. The predicted octanol–water partition coefficient (Wildman–Crippen LogP) is 2.72. The first kappa shape index (κ1) is 21.6. The lowest BCUT2D eigenvalue weighted by atomic mass is 10.1. The van der Waals surface area contributed by atoms with Gasteiger partial charge in [-0.05, 0) is 49.2 Å². The molecule has 1 fully saturated rings. The van der Waals surface area contributed by atoms with E-state index < -0.39 is 24.6 Å². The van der Waals surface area contributed by atoms with E-state index in [4.69, 9.17) is 5.73 Å². The average molecular weight is 422 g/mol. The Labute approximate surface area is 171 Å². The number of anilines is 1. The molecule has 1 aromatic carbocycles. The molecule has 3 N–H and O–H groups in total. The van der Waals surface area contributed by atoms with Crippen LogP contribution in [0.2, 0.25) is 0 Å². The van der Waals surface area contributed by atoms with Gasteiger partial charge in [0.25, 0.3) is 5.91 Å². The Morgan fingerprint density at radius 2 is 2.07 bits per heavy atom. The third kappa shape index (κ3) is 5.69. The van der Waals surface area contributed by atoms with Crippen molar-refractivity contribution in [1.29, 1.82) is 0 Å². The van der Waals surface area contributed by atoms with Gasteiger partial charge < -0.3 is 15.8 Å². The molecule has 1 unspecified atom stereocenters. The largest absolute Gasteiger partial charge is 0.467 e. The summed E-state index contributed by atoms with van der Waals surface area (Å²) in [6, 6.07) is 9.44. The van der Waals surface area contributed by atoms with Crippen molar-refractivity contribution >= 4 is 17.5 Å². The highest BCUT2D eigenvalue weighted by Gasteiger charge is 2.30. The van der Waals surface area contributed by atoms with Crippen LogP contribution in [0, 0.1) is 0 Å². The number of nitrogens with zero attached hydrogens (tertiary/aromatic N) is 2. The average Bonchev–Trinajstić information content (AvgIpc) is 3.15. The smallest absolute Gasteiger partial charge is 0.422 e. The van der Waals surface area contributed by atoms with E-state index in [1.807, 2.05) is 11.0 Å². The number of rotatable bonds is 7. The quantitative estimate of drug-likeness (QED) is 0.715. The van der Waals surface area contributed by atoms with Crippen LogP contribution in [-0.4, -0.2) is 47.1 Å². The minimum atomic E-state index is -4.54. The number of aromatic nitrogens is 1. The molecule has 0 radical (unpaired) electrons. The van der Waals surface area contributed by atoms with Crippen LogP contribution in [0.4, 0.5) is 18.9 Å². The summed E-state index contributed by atoms with van der Waals surface area (Å²) in [5.74, 6) is -1.40. The van der Waals surface area contributed by atoms with Crippen molar-refractivity contribution in [1.82, 2.24) is 9.88 Å². The Morgan fingerprint density at radius 1 is 1.27 bits per heavy atom. The van der Waals surface area contributed by atoms with E-state index in [-0.39, 0.29) is 17.5 Å². The number of nitrogens with one attached hydrogen (secondary N) is 1. The van der Waals surface area contributed by atoms with Crippen molar-refractivity contribution in [3.63, 3.8) is 0 Å². The van der Waals surface area contributed by atoms with Gasteiger partial charge in [0.2, 0.25) is 11.8 Å². The number of halogens is 3. The molecule has 3 rings (SSSR count). The summed E-state index contributed by atoms with van der Waals surface area (Å²) >= 11 is 0. The van der Waals surface area contributed by atoms with Gasteiger partial charge in [-0.15, -0.1) is 0 Å². The molecule has 0 spiro atoms. The van der Waals surface area contributed by atoms with E-state index in [1.54, 1.807) is 18.2 Å². The molecule has 10 heteroatoms. The van der Waals surface area contributed by atoms with Crippen molar-refractivity contribution in [2.75, 3.05) is 18.5 Å². The van der Waals surface area contributed by atoms with Gasteiger partial charge in [0.1, 0.15) is 5.56 Å². The van der Waals surface area contributed by atoms with Crippen LogP contribution >= 0.6 is 0 Å². The van der Waals surface area contributed by atoms with Crippen LogP contribution in [0.25, 0.3) is 0 Å². The number of ether oxygens (including phenoxy) is 1. The summed E-state index contributed by atoms with van der Waals surface area (Å²) in [7, 11) is 0. The number of amides is 2. The lowest BCUT2D eigenvalue weighted by Crippen LogP contribution is -2.39. The van der Waals surface area contributed by atoms with E-state index >= 15 is 0 Å². The fraction of sp³-hybridized carbons (Fsp3) is 0.350. The van der Waals surface area contributed by atoms with Gasteiger partial charge in [0, 0.05) is 18.4 Å². The highest BCUT2D eigenvalue weighted by molar-refractivity contribution is 6.05. The van der Waals surface area contributed by atoms with Gasteiger partial charge in [-0.3, -0.25) is 14.5 Å². The first-order chi connectivity index (χ1) is 14.2. The van der Waals surface area contributed by atoms with Crippen LogP contribution in [0.15, 0.2) is 42.6 Å². The molecule has 30 heavy (non-hydrogen) atoms. The van der Waals surface area contributed by atoms with Crippen LogP contribution < -0.4 is 15.8 Å². The number of likely N-dealkylation sites (tertiary alicyclic amines) is 1. The molecule has 2 heterocycles. The number of alkyl halides is 3. The van der Waals surface area contributed by atoms with Crippen molar-refractivity contribution in [2.24, 2.45) is 5.73 Å². The van der Waals surface area contributed by atoms with E-state index in [9.17, 15) is 22.8 Å². The normalized spacial score (nSPS) is 17.0. The lowest BCUT2D eigenvalue weighted by Gasteiger charge is -2.22. The zero-order valence-electron chi connectivity index (χ0n) is 16.0. The number of primary amides is 1. The Balaban J connectivity index is 1.69. The van der Waals surface area contributed by atoms with Crippen LogP contribution in [0.1, 0.15) is 28.8 Å². The second-order valence-electron chi connectivity index (χ2n) is 6.95. The third-order valence-corrected chi connectivity index (χ3v) is 4.65. The molecule has 0 aliphatic carbocycles. The van der Waals surface area contributed by atoms with Crippen molar-refractivity contribution in [3.05, 3.63) is 53.7 Å². The number of hydrogen-bond donors (Lipinski definition) is 2. The maximum Gasteiger partial charge on any atom is 0.422 e. The maximum atomic E-state index is 12.6. The van der Waals surface area contributed by atoms with Crippen LogP contribution in [0.3, 0.4) is 0 Å². The minimum absolute atomic E-state index is 0.111. The molecule has 0 saturated carbocycles. The Hall–Kier alpha value is -3.14. The minimum Gasteiger partial charge on any atom is -0.467 e. The van der Waals surface area contributed by atoms with E-state index in [2.05, 4.69) is 15.0 Å². The number of carbonyl (C=O) groups excluding carboxylic acids is 2. The Morgan fingerprint density at radius 3 is 2.80 bits per heavy atom. The fourth-order valence-electron chi connectivity index (χ4n) is 3.35. The Kier molecular flexibility index (Phi) is 6.56. The van der Waals surface area contributed by atoms with Gasteiger partial charge in [-0.2, -0.15) is 13.2 Å². The molecule has 160 valence electrons. The van der Waals surface area contributed by atoms with Crippen molar-refractivity contribution in [2.45, 2.75) is 31.6 Å². The topological polar surface area (TPSA) is 97.6 Å². The van der Waals surface area contributed by atoms with Gasteiger partial charge >= 0.3 is 6.18 Å². The summed E-state index contributed by atoms with van der Waals surface area (Å²) in [5.41, 5.74) is 6.65. The first-order valence-electron chi connectivity index (χ1n) is 9.31. The molecule has 1 aliphatic heterocycles. The highest BCUT2D eigenvalue weighted by atomic mass is 19.4. The Bertz CT molecular complexity index is 920. The standard InChI is InChI=1S/C20H21F3N4O3/c21-20(22,23)12-30-19-15(6-2-8-25-19)18(29)26-14-5-1-4-13(10-14)11-27-9-3-7-16(27)17(24)28/h1-2,4-6,8,10,16H,3,7,9,11-12H2,(H2,24,28)(H,26,29). The summed E-state index contributed by atoms with van der Waals surface area (Å²) in [5, 5.41) is 2.64. The van der Waals surface area contributed by atoms with E-state index in [1.165, 1.54) is 18.3 Å². The molecule has 1 aliphatic rings. The van der Waals surface area contributed by atoms with Crippen molar-refractivity contribution < 1.29 is 27.5 Å². The van der Waals surface area contributed by atoms with E-state index in [0.29, 0.717) is 18.7 Å². The molecule has 2 aromatic rings. The molecular formula is C20H21F3N4O3. The molecule has 1 atom stereocenters. The van der Waals surface area contributed by atoms with Crippen molar-refractivity contribution in [3.8, 4) is 5.88 Å². The third-order valence-electron chi connectivity index (χ3n) is 4.65. The van der Waals surface area contributed by atoms with Gasteiger partial charge in [-0.25, -0.2) is 4.98 Å². The summed E-state index contributed by atoms with van der Waals surface area (Å²) in [6.45, 7) is -0.305. The molecule has 1 saturated heterocycles. The number of pyridine rings is 1. The fourth-order valence-corrected chi connectivity index (χ4v) is 3.35. The van der Waals surface area contributed by atoms with Crippen LogP contribution in [0.5, 0.6) is 5.88 Å². The number of hydrogen-bond acceptors (Lipinski definition) is 5. The number of carbonyl (C=O) groups is 2. The number of nitrogens with two attached hydrogens (primary N) is 1. The van der Waals surface area contributed by atoms with Gasteiger partial charge in [0.15, 0.2) is 6.61 Å². The second-order valence-corrected chi connectivity index (χ2v) is 6.95. The molecule has 2 amide bonds. The maximum absolute atomic E-state index is 12.6. The van der Waals surface area contributed by atoms with Gasteiger partial charge in [-0.1, -0.05) is 12.1 Å². The second kappa shape index (κ2) is 9.12. The zero-order chi connectivity index (χ0) is 21.7. The number of benzene rings is 1. The van der Waals surface area contributed by atoms with E-state index in [0.717, 1.165) is 18.5 Å². The monoisotopic (exact) mass is 422 g/mol.